The molecular weight excluding hydrogens is 340 g/mol. The van der Waals surface area contributed by atoms with E-state index in [-0.39, 0.29) is 5.91 Å². The summed E-state index contributed by atoms with van der Waals surface area (Å²) in [6.07, 6.45) is 5.26. The fourth-order valence-electron chi connectivity index (χ4n) is 2.83. The molecule has 4 rings (SSSR count). The van der Waals surface area contributed by atoms with Gasteiger partial charge < -0.3 is 9.88 Å². The van der Waals surface area contributed by atoms with Crippen molar-refractivity contribution in [1.82, 2.24) is 24.5 Å². The van der Waals surface area contributed by atoms with Gasteiger partial charge in [-0.15, -0.1) is 5.10 Å². The van der Waals surface area contributed by atoms with Gasteiger partial charge in [0, 0.05) is 18.3 Å². The number of carbonyl (C=O) groups excluding carboxylic acids is 1. The molecule has 7 heteroatoms. The zero-order valence-corrected chi connectivity index (χ0v) is 15.0. The number of aryl methyl sites for hydroxylation is 2. The number of carbonyl (C=O) groups is 1. The van der Waals surface area contributed by atoms with E-state index in [0.29, 0.717) is 11.3 Å². The van der Waals surface area contributed by atoms with E-state index in [1.165, 1.54) is 0 Å². The Labute approximate surface area is 156 Å². The maximum Gasteiger partial charge on any atom is 0.255 e. The number of benzene rings is 2. The van der Waals surface area contributed by atoms with E-state index in [9.17, 15) is 4.79 Å². The normalized spacial score (nSPS) is 10.7. The van der Waals surface area contributed by atoms with Crippen LogP contribution in [-0.4, -0.2) is 30.5 Å². The zero-order chi connectivity index (χ0) is 18.8. The summed E-state index contributed by atoms with van der Waals surface area (Å²) in [6.45, 7) is 1.99. The van der Waals surface area contributed by atoms with Crippen molar-refractivity contribution in [3.8, 4) is 17.1 Å². The van der Waals surface area contributed by atoms with Gasteiger partial charge in [0.25, 0.3) is 5.91 Å². The number of aromatic nitrogens is 5. The molecule has 0 aliphatic carbocycles. The Morgan fingerprint density at radius 1 is 1.11 bits per heavy atom. The molecule has 0 unspecified atom stereocenters. The first-order chi connectivity index (χ1) is 13.1. The molecule has 0 spiro atoms. The molecule has 7 nitrogen and oxygen atoms in total. The number of hydrogen-bond acceptors (Lipinski definition) is 4. The van der Waals surface area contributed by atoms with E-state index in [2.05, 4.69) is 20.6 Å². The zero-order valence-electron chi connectivity index (χ0n) is 15.0. The molecule has 0 saturated heterocycles. The summed E-state index contributed by atoms with van der Waals surface area (Å²) in [5.74, 6) is -0.172. The summed E-state index contributed by atoms with van der Waals surface area (Å²) >= 11 is 0. The summed E-state index contributed by atoms with van der Waals surface area (Å²) in [4.78, 5) is 16.7. The lowest BCUT2D eigenvalue weighted by molar-refractivity contribution is 0.102. The lowest BCUT2D eigenvalue weighted by atomic mass is 10.1. The Morgan fingerprint density at radius 3 is 2.74 bits per heavy atom. The number of hydrogen-bond donors (Lipinski definition) is 1. The van der Waals surface area contributed by atoms with Gasteiger partial charge in [0.2, 0.25) is 0 Å². The maximum absolute atomic E-state index is 12.6. The molecule has 0 atom stereocenters. The average molecular weight is 358 g/mol. The standard InChI is InChI=1S/C20H18N6O/c1-14-5-3-7-16(9-14)22-20(27)15-6-4-8-17(10-15)26-12-18(23-24-26)19-11-21-13-25(19)2/h3-13H,1-2H3,(H,22,27). The Morgan fingerprint density at radius 2 is 1.96 bits per heavy atom. The molecule has 1 N–H and O–H groups in total. The van der Waals surface area contributed by atoms with Crippen LogP contribution >= 0.6 is 0 Å². The molecule has 0 radical (unpaired) electrons. The topological polar surface area (TPSA) is 77.6 Å². The van der Waals surface area contributed by atoms with E-state index in [4.69, 9.17) is 0 Å². The van der Waals surface area contributed by atoms with Crippen molar-refractivity contribution in [3.63, 3.8) is 0 Å². The first-order valence-corrected chi connectivity index (χ1v) is 8.48. The summed E-state index contributed by atoms with van der Waals surface area (Å²) in [5.41, 5.74) is 4.75. The Balaban J connectivity index is 1.58. The van der Waals surface area contributed by atoms with Gasteiger partial charge in [-0.1, -0.05) is 23.4 Å². The Hall–Kier alpha value is -3.74. The van der Waals surface area contributed by atoms with E-state index in [0.717, 1.165) is 22.6 Å². The van der Waals surface area contributed by atoms with Gasteiger partial charge in [-0.05, 0) is 42.8 Å². The molecule has 2 heterocycles. The lowest BCUT2D eigenvalue weighted by Crippen LogP contribution is -2.12. The predicted molar refractivity (Wildman–Crippen MR) is 103 cm³/mol. The fraction of sp³-hybridized carbons (Fsp3) is 0.100. The van der Waals surface area contributed by atoms with Crippen LogP contribution < -0.4 is 5.32 Å². The van der Waals surface area contributed by atoms with Gasteiger partial charge >= 0.3 is 0 Å². The van der Waals surface area contributed by atoms with Crippen LogP contribution in [0.3, 0.4) is 0 Å². The first kappa shape index (κ1) is 16.7. The Bertz CT molecular complexity index is 1110. The van der Waals surface area contributed by atoms with E-state index >= 15 is 0 Å². The van der Waals surface area contributed by atoms with Crippen molar-refractivity contribution in [1.29, 1.82) is 0 Å². The van der Waals surface area contributed by atoms with E-state index in [1.807, 2.05) is 61.1 Å². The smallest absolute Gasteiger partial charge is 0.255 e. The minimum Gasteiger partial charge on any atom is -0.332 e. The molecule has 0 aliphatic heterocycles. The van der Waals surface area contributed by atoms with Crippen LogP contribution in [0.15, 0.2) is 67.3 Å². The van der Waals surface area contributed by atoms with Crippen molar-refractivity contribution >= 4 is 11.6 Å². The molecule has 2 aromatic carbocycles. The second-order valence-corrected chi connectivity index (χ2v) is 6.31. The van der Waals surface area contributed by atoms with Crippen LogP contribution in [0.2, 0.25) is 0 Å². The summed E-state index contributed by atoms with van der Waals surface area (Å²) in [5, 5.41) is 11.3. The molecule has 4 aromatic rings. The quantitative estimate of drug-likeness (QED) is 0.607. The van der Waals surface area contributed by atoms with Crippen LogP contribution in [0.4, 0.5) is 5.69 Å². The van der Waals surface area contributed by atoms with Gasteiger partial charge in [-0.25, -0.2) is 9.67 Å². The van der Waals surface area contributed by atoms with Gasteiger partial charge in [-0.3, -0.25) is 4.79 Å². The van der Waals surface area contributed by atoms with Crippen molar-refractivity contribution in [3.05, 3.63) is 78.4 Å². The Kier molecular flexibility index (Phi) is 4.25. The second-order valence-electron chi connectivity index (χ2n) is 6.31. The van der Waals surface area contributed by atoms with Gasteiger partial charge in [0.05, 0.1) is 30.1 Å². The first-order valence-electron chi connectivity index (χ1n) is 8.48. The van der Waals surface area contributed by atoms with Crippen LogP contribution in [0.1, 0.15) is 15.9 Å². The third-order valence-corrected chi connectivity index (χ3v) is 4.22. The highest BCUT2D eigenvalue weighted by Gasteiger charge is 2.11. The SMILES string of the molecule is Cc1cccc(NC(=O)c2cccc(-n3cc(-c4cncn4C)nn3)c2)c1. The number of amides is 1. The molecule has 0 aliphatic rings. The minimum atomic E-state index is -0.172. The number of nitrogens with one attached hydrogen (secondary N) is 1. The van der Waals surface area contributed by atoms with Gasteiger partial charge in [-0.2, -0.15) is 0 Å². The van der Waals surface area contributed by atoms with E-state index < -0.39 is 0 Å². The van der Waals surface area contributed by atoms with Crippen molar-refractivity contribution in [2.45, 2.75) is 6.92 Å². The third kappa shape index (κ3) is 3.48. The number of anilines is 1. The van der Waals surface area contributed by atoms with Crippen LogP contribution in [0.25, 0.3) is 17.1 Å². The van der Waals surface area contributed by atoms with Crippen LogP contribution in [0, 0.1) is 6.92 Å². The summed E-state index contributed by atoms with van der Waals surface area (Å²) in [7, 11) is 1.90. The van der Waals surface area contributed by atoms with Crippen LogP contribution in [-0.2, 0) is 7.05 Å². The molecular formula is C20H18N6O. The molecule has 1 amide bonds. The fourth-order valence-corrected chi connectivity index (χ4v) is 2.83. The highest BCUT2D eigenvalue weighted by molar-refractivity contribution is 6.04. The number of rotatable bonds is 4. The lowest BCUT2D eigenvalue weighted by Gasteiger charge is -2.07. The minimum absolute atomic E-state index is 0.172. The summed E-state index contributed by atoms with van der Waals surface area (Å²) in [6, 6.07) is 15.0. The maximum atomic E-state index is 12.6. The molecule has 27 heavy (non-hydrogen) atoms. The number of imidazole rings is 1. The monoisotopic (exact) mass is 358 g/mol. The highest BCUT2D eigenvalue weighted by Crippen LogP contribution is 2.18. The number of nitrogens with zero attached hydrogens (tertiary/aromatic N) is 5. The van der Waals surface area contributed by atoms with Crippen molar-refractivity contribution in [2.24, 2.45) is 7.05 Å². The van der Waals surface area contributed by atoms with Crippen molar-refractivity contribution in [2.75, 3.05) is 5.32 Å². The van der Waals surface area contributed by atoms with Crippen LogP contribution in [0.5, 0.6) is 0 Å². The molecule has 0 saturated carbocycles. The highest BCUT2D eigenvalue weighted by atomic mass is 16.1. The predicted octanol–water partition coefficient (Wildman–Crippen LogP) is 3.23. The van der Waals surface area contributed by atoms with E-state index in [1.54, 1.807) is 29.3 Å². The van der Waals surface area contributed by atoms with Crippen molar-refractivity contribution < 1.29 is 4.79 Å². The third-order valence-electron chi connectivity index (χ3n) is 4.22. The molecule has 134 valence electrons. The average Bonchev–Trinajstić information content (AvgIpc) is 3.30. The molecule has 0 fully saturated rings. The summed E-state index contributed by atoms with van der Waals surface area (Å²) < 4.78 is 3.52. The van der Waals surface area contributed by atoms with Gasteiger partial charge in [0.15, 0.2) is 0 Å². The largest absolute Gasteiger partial charge is 0.332 e. The molecule has 0 bridgehead atoms. The second kappa shape index (κ2) is 6.87. The van der Waals surface area contributed by atoms with Gasteiger partial charge in [0.1, 0.15) is 5.69 Å². The molecule has 2 aromatic heterocycles.